The van der Waals surface area contributed by atoms with E-state index < -0.39 is 35.1 Å². The molecule has 3 aromatic heterocycles. The first kappa shape index (κ1) is 50.8. The van der Waals surface area contributed by atoms with E-state index in [0.717, 1.165) is 44.7 Å². The van der Waals surface area contributed by atoms with E-state index in [1.807, 2.05) is 51.2 Å². The lowest BCUT2D eigenvalue weighted by atomic mass is 9.84. The first-order chi connectivity index (χ1) is 32.2. The lowest BCUT2D eigenvalue weighted by Gasteiger charge is -2.45. The maximum absolute atomic E-state index is 14.7. The van der Waals surface area contributed by atoms with Crippen molar-refractivity contribution >= 4 is 45.9 Å². The summed E-state index contributed by atoms with van der Waals surface area (Å²) < 4.78 is 14.3. The minimum absolute atomic E-state index is 0.0887. The summed E-state index contributed by atoms with van der Waals surface area (Å²) in [5.74, 6) is -1.35. The van der Waals surface area contributed by atoms with Crippen molar-refractivity contribution in [3.8, 4) is 22.5 Å². The van der Waals surface area contributed by atoms with Crippen molar-refractivity contribution in [1.82, 2.24) is 45.0 Å². The highest BCUT2D eigenvalue weighted by Crippen LogP contribution is 2.42. The Kier molecular flexibility index (Phi) is 15.6. The van der Waals surface area contributed by atoms with Crippen LogP contribution in [-0.2, 0) is 48.0 Å². The van der Waals surface area contributed by atoms with E-state index >= 15 is 0 Å². The molecule has 6 bridgehead atoms. The molecule has 6 heterocycles. The highest BCUT2D eigenvalue weighted by molar-refractivity contribution is 7.10. The highest BCUT2D eigenvalue weighted by Gasteiger charge is 2.39. The van der Waals surface area contributed by atoms with Gasteiger partial charge in [0.25, 0.3) is 5.91 Å². The smallest absolute Gasteiger partial charge is 0.324 e. The fourth-order valence-electron chi connectivity index (χ4n) is 9.68. The lowest BCUT2D eigenvalue weighted by molar-refractivity contribution is -0.155. The van der Waals surface area contributed by atoms with E-state index in [-0.39, 0.29) is 48.8 Å². The number of hydrogen-bond donors (Lipinski definition) is 3. The van der Waals surface area contributed by atoms with Gasteiger partial charge in [-0.3, -0.25) is 39.0 Å². The number of likely N-dealkylation sites (tertiary alicyclic amines) is 1. The number of hydrogen-bond acceptors (Lipinski definition) is 13. The van der Waals surface area contributed by atoms with Crippen LogP contribution in [0.3, 0.4) is 0 Å². The fourth-order valence-corrected chi connectivity index (χ4v) is 10.5. The molecule has 3 aliphatic rings. The Bertz CT molecular complexity index is 2500. The van der Waals surface area contributed by atoms with E-state index in [4.69, 9.17) is 19.4 Å². The zero-order chi connectivity index (χ0) is 49.2. The average Bonchev–Trinajstić information content (AvgIpc) is 3.87. The predicted octanol–water partition coefficient (Wildman–Crippen LogP) is 5.59. The number of amides is 3. The number of ether oxygens (including phenoxy) is 2. The predicted molar refractivity (Wildman–Crippen MR) is 264 cm³/mol. The molecule has 7 rings (SSSR count). The third-order valence-electron chi connectivity index (χ3n) is 13.4. The topological polar surface area (TPSA) is 175 Å². The number of nitrogens with one attached hydrogen (secondary N) is 2. The number of carbonyl (C=O) groups excluding carboxylic acids is 4. The number of cyclic esters (lactones) is 1. The van der Waals surface area contributed by atoms with Crippen LogP contribution in [-0.4, -0.2) is 147 Å². The standard InChI is InChI=1S/C51H71N9O7S/c1-12-59-41-18-17-33-23-36(41)37(46(59)35-15-13-21-52-44(35)32(4)66-11)25-50(5,6)29-67-49(64)38-16-14-22-60(55-38)48(63)39(24-42-53-40(33)28-68-42)54-47(62)45(31(2)3)57(10)30-56(9)34-26-58(27-34)43(61)19-20-51(7,8)65/h13,15,17-21,23,28,31-32,34,38-39,45,55,65H,12,14,16,22,24-27,29-30H2,1-11H3,(H,54,62)/b20-19+/t32-,38-,39-,45-/m0/s1. The fraction of sp³-hybridized carbons (Fsp3) is 0.569. The number of aryl methyl sites for hydroxylation is 1. The summed E-state index contributed by atoms with van der Waals surface area (Å²) in [5.41, 5.74) is 8.36. The van der Waals surface area contributed by atoms with E-state index in [1.54, 1.807) is 32.1 Å². The van der Waals surface area contributed by atoms with Crippen molar-refractivity contribution in [2.75, 3.05) is 54.1 Å². The van der Waals surface area contributed by atoms with Crippen molar-refractivity contribution in [2.45, 2.75) is 123 Å². The molecular formula is C51H71N9O7S. The molecule has 3 aliphatic heterocycles. The zero-order valence-electron chi connectivity index (χ0n) is 41.7. The summed E-state index contributed by atoms with van der Waals surface area (Å²) >= 11 is 1.45. The molecule has 0 unspecified atom stereocenters. The van der Waals surface area contributed by atoms with Crippen molar-refractivity contribution in [1.29, 1.82) is 0 Å². The number of esters is 1. The SMILES string of the molecule is CCn1c(-c2cccnc2[C@H](C)OC)c2c3cc(ccc31)-c1csc(n1)C[C@H](NC(=O)[C@H](C(C)C)N(C)CN(C)C1CN(C(=O)/C=C/C(C)(C)O)C1)C(=O)N1CCC[C@H](N1)C(=O)OCC(C)(C)C2. The van der Waals surface area contributed by atoms with Crippen LogP contribution in [0.15, 0.2) is 54.1 Å². The highest BCUT2D eigenvalue weighted by atomic mass is 32.1. The molecule has 368 valence electrons. The van der Waals surface area contributed by atoms with Gasteiger partial charge in [-0.2, -0.15) is 0 Å². The number of benzene rings is 1. The second kappa shape index (κ2) is 20.9. The number of rotatable bonds is 13. The van der Waals surface area contributed by atoms with Crippen molar-refractivity contribution in [2.24, 2.45) is 11.3 Å². The largest absolute Gasteiger partial charge is 0.464 e. The van der Waals surface area contributed by atoms with Gasteiger partial charge in [-0.1, -0.05) is 33.8 Å². The maximum Gasteiger partial charge on any atom is 0.324 e. The zero-order valence-corrected chi connectivity index (χ0v) is 42.5. The van der Waals surface area contributed by atoms with E-state index in [0.29, 0.717) is 57.1 Å². The van der Waals surface area contributed by atoms with E-state index in [1.165, 1.54) is 28.5 Å². The number of methoxy groups -OCH3 is 1. The van der Waals surface area contributed by atoms with Crippen molar-refractivity contribution < 1.29 is 33.8 Å². The number of hydrazine groups is 1. The Hall–Kier alpha value is -5.04. The number of pyridine rings is 1. The van der Waals surface area contributed by atoms with Gasteiger partial charge in [0.05, 0.1) is 53.1 Å². The monoisotopic (exact) mass is 954 g/mol. The van der Waals surface area contributed by atoms with Gasteiger partial charge in [0.15, 0.2) is 0 Å². The number of carbonyl (C=O) groups is 4. The first-order valence-corrected chi connectivity index (χ1v) is 24.8. The normalized spacial score (nSPS) is 20.5. The number of fused-ring (bicyclic) bond motifs is 6. The minimum Gasteiger partial charge on any atom is -0.464 e. The lowest BCUT2D eigenvalue weighted by Crippen LogP contribution is -2.63. The molecule has 0 saturated carbocycles. The summed E-state index contributed by atoms with van der Waals surface area (Å²) in [4.78, 5) is 71.6. The summed E-state index contributed by atoms with van der Waals surface area (Å²) in [7, 11) is 5.56. The van der Waals surface area contributed by atoms with Crippen molar-refractivity contribution in [3.05, 3.63) is 70.3 Å². The van der Waals surface area contributed by atoms with Gasteiger partial charge in [-0.15, -0.1) is 11.3 Å². The molecule has 2 saturated heterocycles. The van der Waals surface area contributed by atoms with Gasteiger partial charge < -0.3 is 29.4 Å². The number of thiazole rings is 1. The molecule has 3 N–H and O–H groups in total. The van der Waals surface area contributed by atoms with Crippen LogP contribution in [0.5, 0.6) is 0 Å². The maximum atomic E-state index is 14.7. The summed E-state index contributed by atoms with van der Waals surface area (Å²) in [6.45, 7) is 18.3. The number of likely N-dealkylation sites (N-methyl/N-ethyl adjacent to an activating group) is 2. The summed E-state index contributed by atoms with van der Waals surface area (Å²) in [6, 6.07) is 8.24. The molecule has 17 heteroatoms. The van der Waals surface area contributed by atoms with Gasteiger partial charge in [0, 0.05) is 90.8 Å². The molecule has 4 aromatic rings. The molecule has 68 heavy (non-hydrogen) atoms. The summed E-state index contributed by atoms with van der Waals surface area (Å²) in [5, 5.41) is 18.4. The van der Waals surface area contributed by atoms with Crippen LogP contribution < -0.4 is 10.7 Å². The quantitative estimate of drug-likeness (QED) is 0.0864. The van der Waals surface area contributed by atoms with Crippen molar-refractivity contribution in [3.63, 3.8) is 0 Å². The second-order valence-electron chi connectivity index (χ2n) is 20.5. The van der Waals surface area contributed by atoms with Gasteiger partial charge in [-0.05, 0) is 103 Å². The van der Waals surface area contributed by atoms with E-state index in [9.17, 15) is 24.3 Å². The third kappa shape index (κ3) is 11.3. The van der Waals surface area contributed by atoms with Crippen LogP contribution in [0.4, 0.5) is 0 Å². The molecule has 0 spiro atoms. The minimum atomic E-state index is -1.08. The molecule has 0 aliphatic carbocycles. The van der Waals surface area contributed by atoms with Crippen LogP contribution in [0, 0.1) is 11.3 Å². The third-order valence-corrected chi connectivity index (χ3v) is 14.3. The van der Waals surface area contributed by atoms with Crippen LogP contribution in [0.2, 0.25) is 0 Å². The van der Waals surface area contributed by atoms with Crippen LogP contribution in [0.1, 0.15) is 90.6 Å². The van der Waals surface area contributed by atoms with Crippen LogP contribution >= 0.6 is 11.3 Å². The molecule has 16 nitrogen and oxygen atoms in total. The molecule has 1 aromatic carbocycles. The molecule has 2 fully saturated rings. The number of aromatic nitrogens is 3. The van der Waals surface area contributed by atoms with Gasteiger partial charge >= 0.3 is 5.97 Å². The second-order valence-corrected chi connectivity index (χ2v) is 21.4. The molecule has 4 atom stereocenters. The summed E-state index contributed by atoms with van der Waals surface area (Å²) in [6.07, 6.45) is 6.25. The van der Waals surface area contributed by atoms with Gasteiger partial charge in [0.2, 0.25) is 11.8 Å². The molecule has 0 radical (unpaired) electrons. The number of aliphatic hydroxyl groups is 1. The Balaban J connectivity index is 1.20. The Morgan fingerprint density at radius 2 is 1.91 bits per heavy atom. The van der Waals surface area contributed by atoms with Gasteiger partial charge in [0.1, 0.15) is 12.1 Å². The van der Waals surface area contributed by atoms with Crippen LogP contribution in [0.25, 0.3) is 33.4 Å². The number of nitrogens with zero attached hydrogens (tertiary/aromatic N) is 7. The average molecular weight is 954 g/mol. The molecular weight excluding hydrogens is 883 g/mol. The van der Waals surface area contributed by atoms with E-state index in [2.05, 4.69) is 65.2 Å². The van der Waals surface area contributed by atoms with Gasteiger partial charge in [-0.25, -0.2) is 10.4 Å². The Labute approximate surface area is 405 Å². The Morgan fingerprint density at radius 3 is 2.60 bits per heavy atom. The molecule has 3 amide bonds. The Morgan fingerprint density at radius 1 is 1.16 bits per heavy atom. The first-order valence-electron chi connectivity index (χ1n) is 23.9.